The van der Waals surface area contributed by atoms with Gasteiger partial charge < -0.3 is 24.1 Å². The number of hydrogen-bond donors (Lipinski definition) is 0. The fourth-order valence-electron chi connectivity index (χ4n) is 2.60. The third-order valence-corrected chi connectivity index (χ3v) is 4.87. The molecule has 0 unspecified atom stereocenters. The summed E-state index contributed by atoms with van der Waals surface area (Å²) in [6.45, 7) is 2.80. The standard InChI is InChI=1S/C20H22N4O5S/c1-14(17(22-25-2)15-7-5-4-6-8-15)21-29-13-16-9-12-30-19(16)18(23-26-3)20-24-28-11-10-27-20/h4-9,12H,10-11,13H2,1-3H3/b21-14+,22-17+,23-18+. The Bertz CT molecular complexity index is 953. The SMILES string of the molecule is CO/N=C(\C(C)=N\OCc1ccsc1/C(=N\OC)C1=NOCCO1)c1ccccc1. The maximum atomic E-state index is 5.60. The van der Waals surface area contributed by atoms with Gasteiger partial charge in [0.2, 0.25) is 0 Å². The van der Waals surface area contributed by atoms with Crippen LogP contribution in [0.15, 0.2) is 62.4 Å². The molecule has 1 aromatic heterocycles. The number of nitrogens with zero attached hydrogens (tertiary/aromatic N) is 4. The molecule has 30 heavy (non-hydrogen) atoms. The minimum Gasteiger partial charge on any atom is -0.470 e. The first-order chi connectivity index (χ1) is 14.7. The van der Waals surface area contributed by atoms with Gasteiger partial charge in [0.15, 0.2) is 12.3 Å². The summed E-state index contributed by atoms with van der Waals surface area (Å²) in [5.41, 5.74) is 3.35. The zero-order valence-electron chi connectivity index (χ0n) is 16.9. The molecule has 0 saturated carbocycles. The summed E-state index contributed by atoms with van der Waals surface area (Å²) in [6, 6.07) is 11.5. The van der Waals surface area contributed by atoms with Crippen LogP contribution in [-0.4, -0.2) is 50.5 Å². The highest BCUT2D eigenvalue weighted by molar-refractivity contribution is 7.13. The van der Waals surface area contributed by atoms with Crippen LogP contribution in [0.2, 0.25) is 0 Å². The van der Waals surface area contributed by atoms with Gasteiger partial charge in [-0.2, -0.15) is 0 Å². The van der Waals surface area contributed by atoms with E-state index in [1.54, 1.807) is 6.92 Å². The highest BCUT2D eigenvalue weighted by Crippen LogP contribution is 2.21. The van der Waals surface area contributed by atoms with Crippen LogP contribution in [0.25, 0.3) is 0 Å². The topological polar surface area (TPSA) is 95.6 Å². The van der Waals surface area contributed by atoms with Crippen molar-refractivity contribution in [1.82, 2.24) is 0 Å². The van der Waals surface area contributed by atoms with E-state index >= 15 is 0 Å². The van der Waals surface area contributed by atoms with E-state index < -0.39 is 0 Å². The van der Waals surface area contributed by atoms with Gasteiger partial charge in [-0.3, -0.25) is 0 Å². The smallest absolute Gasteiger partial charge is 0.281 e. The van der Waals surface area contributed by atoms with Crippen molar-refractivity contribution < 1.29 is 24.1 Å². The van der Waals surface area contributed by atoms with Crippen molar-refractivity contribution in [1.29, 1.82) is 0 Å². The van der Waals surface area contributed by atoms with E-state index in [1.165, 1.54) is 25.6 Å². The normalized spacial score (nSPS) is 15.0. The molecule has 3 rings (SSSR count). The quantitative estimate of drug-likeness (QED) is 0.449. The zero-order valence-corrected chi connectivity index (χ0v) is 17.7. The van der Waals surface area contributed by atoms with Crippen LogP contribution in [0.5, 0.6) is 0 Å². The van der Waals surface area contributed by atoms with Gasteiger partial charge in [-0.1, -0.05) is 45.8 Å². The maximum absolute atomic E-state index is 5.60. The lowest BCUT2D eigenvalue weighted by Gasteiger charge is -2.14. The number of oxime groups is 4. The minimum atomic E-state index is 0.210. The Labute approximate surface area is 178 Å². The van der Waals surface area contributed by atoms with Crippen molar-refractivity contribution in [2.24, 2.45) is 20.6 Å². The second-order valence-corrected chi connectivity index (χ2v) is 6.83. The van der Waals surface area contributed by atoms with E-state index in [-0.39, 0.29) is 12.5 Å². The Hall–Kier alpha value is -3.40. The van der Waals surface area contributed by atoms with Crippen LogP contribution < -0.4 is 0 Å². The van der Waals surface area contributed by atoms with Crippen LogP contribution in [0.3, 0.4) is 0 Å². The lowest BCUT2D eigenvalue weighted by Crippen LogP contribution is -2.25. The van der Waals surface area contributed by atoms with Crippen LogP contribution in [0, 0.1) is 0 Å². The number of ether oxygens (including phenoxy) is 1. The van der Waals surface area contributed by atoms with Gasteiger partial charge in [0.05, 0.1) is 4.88 Å². The number of rotatable bonds is 9. The van der Waals surface area contributed by atoms with Gasteiger partial charge in [0.25, 0.3) is 5.90 Å². The zero-order chi connectivity index (χ0) is 21.2. The molecule has 1 aliphatic rings. The Balaban J connectivity index is 1.75. The monoisotopic (exact) mass is 430 g/mol. The third-order valence-electron chi connectivity index (χ3n) is 3.90. The van der Waals surface area contributed by atoms with E-state index in [2.05, 4.69) is 20.6 Å². The molecule has 0 radical (unpaired) electrons. The predicted octanol–water partition coefficient (Wildman–Crippen LogP) is 3.40. The molecule has 9 nitrogen and oxygen atoms in total. The van der Waals surface area contributed by atoms with Crippen molar-refractivity contribution in [3.8, 4) is 0 Å². The lowest BCUT2D eigenvalue weighted by molar-refractivity contribution is 0.0672. The first-order valence-electron chi connectivity index (χ1n) is 9.09. The van der Waals surface area contributed by atoms with E-state index in [4.69, 9.17) is 24.1 Å². The summed E-state index contributed by atoms with van der Waals surface area (Å²) in [7, 11) is 2.95. The molecule has 0 fully saturated rings. The molecule has 0 atom stereocenters. The molecule has 0 amide bonds. The van der Waals surface area contributed by atoms with E-state index in [0.29, 0.717) is 30.3 Å². The van der Waals surface area contributed by atoms with Crippen molar-refractivity contribution in [2.75, 3.05) is 27.4 Å². The Morgan fingerprint density at radius 3 is 2.57 bits per heavy atom. The van der Waals surface area contributed by atoms with Gasteiger partial charge in [-0.05, 0) is 23.5 Å². The molecule has 2 aromatic rings. The van der Waals surface area contributed by atoms with Crippen LogP contribution in [0.1, 0.15) is 22.9 Å². The van der Waals surface area contributed by atoms with Crippen LogP contribution >= 0.6 is 11.3 Å². The average molecular weight is 430 g/mol. The molecule has 2 heterocycles. The molecule has 0 N–H and O–H groups in total. The second-order valence-electron chi connectivity index (χ2n) is 5.91. The fourth-order valence-corrected chi connectivity index (χ4v) is 3.48. The molecular formula is C20H22N4O5S. The first kappa shape index (κ1) is 21.3. The van der Waals surface area contributed by atoms with Crippen molar-refractivity contribution in [3.05, 3.63) is 57.8 Å². The molecule has 0 spiro atoms. The number of hydrogen-bond acceptors (Lipinski definition) is 10. The molecule has 1 aliphatic heterocycles. The molecule has 10 heteroatoms. The highest BCUT2D eigenvalue weighted by atomic mass is 32.1. The van der Waals surface area contributed by atoms with Crippen molar-refractivity contribution >= 4 is 34.4 Å². The molecule has 158 valence electrons. The summed E-state index contributed by atoms with van der Waals surface area (Å²) in [5.74, 6) is 0.269. The molecule has 1 aromatic carbocycles. The summed E-state index contributed by atoms with van der Waals surface area (Å²) >= 11 is 1.46. The van der Waals surface area contributed by atoms with Crippen molar-refractivity contribution in [2.45, 2.75) is 13.5 Å². The van der Waals surface area contributed by atoms with Crippen LogP contribution in [-0.2, 0) is 30.7 Å². The first-order valence-corrected chi connectivity index (χ1v) is 9.97. The molecule has 0 saturated heterocycles. The Morgan fingerprint density at radius 1 is 1.07 bits per heavy atom. The van der Waals surface area contributed by atoms with Gasteiger partial charge in [-0.15, -0.1) is 11.3 Å². The second kappa shape index (κ2) is 11.0. The summed E-state index contributed by atoms with van der Waals surface area (Å²) in [5, 5.41) is 18.2. The molecule has 0 bridgehead atoms. The average Bonchev–Trinajstić information content (AvgIpc) is 3.25. The van der Waals surface area contributed by atoms with Gasteiger partial charge >= 0.3 is 0 Å². The summed E-state index contributed by atoms with van der Waals surface area (Å²) < 4.78 is 5.54. The Kier molecular flexibility index (Phi) is 7.78. The van der Waals surface area contributed by atoms with Crippen molar-refractivity contribution in [3.63, 3.8) is 0 Å². The van der Waals surface area contributed by atoms with Crippen LogP contribution in [0.4, 0.5) is 0 Å². The van der Waals surface area contributed by atoms with E-state index in [1.807, 2.05) is 41.8 Å². The van der Waals surface area contributed by atoms with E-state index in [9.17, 15) is 0 Å². The third kappa shape index (κ3) is 5.35. The molecular weight excluding hydrogens is 408 g/mol. The maximum Gasteiger partial charge on any atom is 0.281 e. The largest absolute Gasteiger partial charge is 0.470 e. The van der Waals surface area contributed by atoms with Gasteiger partial charge in [0.1, 0.15) is 38.9 Å². The van der Waals surface area contributed by atoms with Gasteiger partial charge in [-0.25, -0.2) is 0 Å². The fraction of sp³-hybridized carbons (Fsp3) is 0.300. The lowest BCUT2D eigenvalue weighted by atomic mass is 10.1. The number of thiophene rings is 1. The summed E-state index contributed by atoms with van der Waals surface area (Å²) in [4.78, 5) is 21.4. The predicted molar refractivity (Wildman–Crippen MR) is 115 cm³/mol. The molecule has 0 aliphatic carbocycles. The minimum absolute atomic E-state index is 0.210. The van der Waals surface area contributed by atoms with E-state index in [0.717, 1.165) is 16.0 Å². The van der Waals surface area contributed by atoms with Gasteiger partial charge in [0, 0.05) is 11.1 Å². The Morgan fingerprint density at radius 2 is 1.87 bits per heavy atom. The summed E-state index contributed by atoms with van der Waals surface area (Å²) in [6.07, 6.45) is 0. The highest BCUT2D eigenvalue weighted by Gasteiger charge is 2.23. The number of benzene rings is 1.